The molecular weight excluding hydrogens is 396 g/mol. The minimum Gasteiger partial charge on any atom is -0.480 e. The highest BCUT2D eigenvalue weighted by molar-refractivity contribution is 5.81. The van der Waals surface area contributed by atoms with E-state index in [9.17, 15) is 15.0 Å². The quantitative estimate of drug-likeness (QED) is 0.229. The van der Waals surface area contributed by atoms with E-state index >= 15 is 0 Å². The molecule has 2 aromatic rings. The van der Waals surface area contributed by atoms with E-state index in [1.54, 1.807) is 0 Å². The number of anilines is 1. The van der Waals surface area contributed by atoms with E-state index in [2.05, 4.69) is 15.0 Å². The number of hydrogen-bond donors (Lipinski definition) is 6. The second-order valence-corrected chi connectivity index (χ2v) is 7.39. The molecule has 0 radical (unpaired) electrons. The van der Waals surface area contributed by atoms with Crippen LogP contribution in [0.3, 0.4) is 0 Å². The van der Waals surface area contributed by atoms with Gasteiger partial charge in [-0.05, 0) is 19.4 Å². The molecule has 3 heterocycles. The van der Waals surface area contributed by atoms with E-state index in [4.69, 9.17) is 27.0 Å². The van der Waals surface area contributed by atoms with Crippen LogP contribution in [0.2, 0.25) is 0 Å². The first-order valence-electron chi connectivity index (χ1n) is 9.64. The number of carboxylic acid groups (broad SMARTS) is 1. The van der Waals surface area contributed by atoms with E-state index in [0.29, 0.717) is 44.5 Å². The molecule has 0 aromatic carbocycles. The summed E-state index contributed by atoms with van der Waals surface area (Å²) in [4.78, 5) is 24.9. The summed E-state index contributed by atoms with van der Waals surface area (Å²) in [6, 6.07) is -0.924. The van der Waals surface area contributed by atoms with E-state index in [-0.39, 0.29) is 18.1 Å². The molecule has 0 saturated carbocycles. The molecule has 0 bridgehead atoms. The average molecular weight is 424 g/mol. The van der Waals surface area contributed by atoms with Crippen molar-refractivity contribution >= 4 is 23.0 Å². The zero-order valence-electron chi connectivity index (χ0n) is 16.5. The molecule has 30 heavy (non-hydrogen) atoms. The minimum atomic E-state index is -1.78. The van der Waals surface area contributed by atoms with Crippen molar-refractivity contribution in [3.05, 3.63) is 12.7 Å². The van der Waals surface area contributed by atoms with Crippen LogP contribution in [0.15, 0.2) is 12.7 Å². The smallest absolute Gasteiger partial charge is 0.320 e. The summed E-state index contributed by atoms with van der Waals surface area (Å²) >= 11 is 0. The number of aromatic nitrogens is 4. The number of aliphatic hydroxyl groups excluding tert-OH is 1. The lowest BCUT2D eigenvalue weighted by atomic mass is 10.0. The van der Waals surface area contributed by atoms with E-state index in [1.165, 1.54) is 17.2 Å². The number of aliphatic carboxylic acids is 1. The van der Waals surface area contributed by atoms with Gasteiger partial charge in [0, 0.05) is 19.6 Å². The van der Waals surface area contributed by atoms with Gasteiger partial charge in [0.25, 0.3) is 0 Å². The summed E-state index contributed by atoms with van der Waals surface area (Å²) in [5.41, 5.74) is 15.8. The van der Waals surface area contributed by atoms with Crippen LogP contribution >= 0.6 is 0 Å². The number of ether oxygens (including phenoxy) is 1. The predicted octanol–water partition coefficient (Wildman–Crippen LogP) is -2.73. The minimum absolute atomic E-state index is 0.168. The Bertz CT molecular complexity index is 879. The Hall–Kier alpha value is -2.42. The number of nitrogens with two attached hydrogens (primary N) is 3. The fraction of sp³-hybridized carbons (Fsp3) is 0.647. The second-order valence-electron chi connectivity index (χ2n) is 7.39. The second kappa shape index (κ2) is 9.16. The Labute approximate surface area is 172 Å². The van der Waals surface area contributed by atoms with Crippen molar-refractivity contribution in [2.75, 3.05) is 38.5 Å². The number of nitrogen functional groups attached to an aromatic ring is 1. The molecule has 9 N–H and O–H groups in total. The van der Waals surface area contributed by atoms with Gasteiger partial charge in [0.05, 0.1) is 12.9 Å². The lowest BCUT2D eigenvalue weighted by molar-refractivity contribution is -0.138. The first kappa shape index (κ1) is 22.3. The van der Waals surface area contributed by atoms with Crippen molar-refractivity contribution in [2.45, 2.75) is 36.8 Å². The summed E-state index contributed by atoms with van der Waals surface area (Å²) < 4.78 is 7.04. The van der Waals surface area contributed by atoms with Gasteiger partial charge in [-0.2, -0.15) is 0 Å². The van der Waals surface area contributed by atoms with Crippen molar-refractivity contribution < 1.29 is 24.9 Å². The largest absolute Gasteiger partial charge is 0.480 e. The highest BCUT2D eigenvalue weighted by Crippen LogP contribution is 2.32. The number of fused-ring (bicyclic) bond motifs is 1. The van der Waals surface area contributed by atoms with Gasteiger partial charge in [0.1, 0.15) is 30.1 Å². The summed E-state index contributed by atoms with van der Waals surface area (Å²) in [6.07, 6.45) is 1.48. The van der Waals surface area contributed by atoms with Gasteiger partial charge in [-0.25, -0.2) is 15.0 Å². The van der Waals surface area contributed by atoms with Crippen molar-refractivity contribution in [1.82, 2.24) is 24.4 Å². The maximum Gasteiger partial charge on any atom is 0.320 e. The van der Waals surface area contributed by atoms with Gasteiger partial charge in [0.15, 0.2) is 17.2 Å². The lowest BCUT2D eigenvalue weighted by Crippen LogP contribution is -2.49. The third-order valence-corrected chi connectivity index (χ3v) is 5.30. The molecule has 13 heteroatoms. The summed E-state index contributed by atoms with van der Waals surface area (Å²) in [6.45, 7) is 1.55. The molecule has 1 fully saturated rings. The van der Waals surface area contributed by atoms with Crippen LogP contribution in [0, 0.1) is 0 Å². The monoisotopic (exact) mass is 424 g/mol. The fourth-order valence-electron chi connectivity index (χ4n) is 3.59. The molecule has 1 saturated heterocycles. The molecule has 166 valence electrons. The van der Waals surface area contributed by atoms with Crippen LogP contribution in [0.1, 0.15) is 12.8 Å². The zero-order chi connectivity index (χ0) is 21.9. The normalized spacial score (nSPS) is 25.2. The summed E-state index contributed by atoms with van der Waals surface area (Å²) in [5.74, 6) is -0.877. The van der Waals surface area contributed by atoms with Gasteiger partial charge in [0.2, 0.25) is 0 Å². The van der Waals surface area contributed by atoms with E-state index in [1.807, 2.05) is 4.90 Å². The van der Waals surface area contributed by atoms with Gasteiger partial charge in [-0.3, -0.25) is 14.3 Å². The standard InChI is InChI=1S/C17H28N8O5/c18-3-5-24(4-1-2-10(19)16(27)28)6-11-13(26)17(29,7-30-11)25-9-23-12-14(20)21-8-22-15(12)25/h8-11,13,26,29H,1-7,18-19H2,(H,27,28)(H2,20,21,22)/t10-,11+,13+,17+/m0/s1. The van der Waals surface area contributed by atoms with E-state index < -0.39 is 29.9 Å². The van der Waals surface area contributed by atoms with Gasteiger partial charge in [-0.1, -0.05) is 0 Å². The summed E-state index contributed by atoms with van der Waals surface area (Å²) in [5, 5.41) is 30.9. The van der Waals surface area contributed by atoms with Crippen molar-refractivity contribution in [3.8, 4) is 0 Å². The number of hydrogen-bond acceptors (Lipinski definition) is 11. The SMILES string of the molecule is NCCN(CCC[C@H](N)C(=O)O)C[C@H]1OC[C@](O)(n2cnc3c(N)ncnc32)[C@@H]1O. The molecule has 1 aliphatic heterocycles. The van der Waals surface area contributed by atoms with Gasteiger partial charge in [-0.15, -0.1) is 0 Å². The molecule has 2 aromatic heterocycles. The van der Waals surface area contributed by atoms with Gasteiger partial charge >= 0.3 is 5.97 Å². The Morgan fingerprint density at radius 1 is 1.40 bits per heavy atom. The highest BCUT2D eigenvalue weighted by atomic mass is 16.5. The van der Waals surface area contributed by atoms with Crippen LogP contribution in [0.5, 0.6) is 0 Å². The summed E-state index contributed by atoms with van der Waals surface area (Å²) in [7, 11) is 0. The molecule has 1 aliphatic rings. The third kappa shape index (κ3) is 4.35. The molecular formula is C17H28N8O5. The number of aliphatic hydroxyl groups is 2. The number of carbonyl (C=O) groups is 1. The first-order chi connectivity index (χ1) is 14.3. The molecule has 0 spiro atoms. The van der Waals surface area contributed by atoms with Crippen LogP contribution in [-0.2, 0) is 15.3 Å². The third-order valence-electron chi connectivity index (χ3n) is 5.30. The molecule has 3 rings (SSSR count). The van der Waals surface area contributed by atoms with E-state index in [0.717, 1.165) is 0 Å². The molecule has 0 unspecified atom stereocenters. The Kier molecular flexibility index (Phi) is 6.80. The first-order valence-corrected chi connectivity index (χ1v) is 9.64. The number of imidazole rings is 1. The Balaban J connectivity index is 1.68. The zero-order valence-corrected chi connectivity index (χ0v) is 16.5. The van der Waals surface area contributed by atoms with Crippen LogP contribution in [0.25, 0.3) is 11.2 Å². The number of nitrogens with zero attached hydrogens (tertiary/aromatic N) is 5. The molecule has 0 aliphatic carbocycles. The van der Waals surface area contributed by atoms with Crippen molar-refractivity contribution in [3.63, 3.8) is 0 Å². The van der Waals surface area contributed by atoms with Crippen molar-refractivity contribution in [1.29, 1.82) is 0 Å². The Morgan fingerprint density at radius 2 is 2.17 bits per heavy atom. The lowest BCUT2D eigenvalue weighted by Gasteiger charge is -2.30. The van der Waals surface area contributed by atoms with Crippen molar-refractivity contribution in [2.24, 2.45) is 11.5 Å². The maximum atomic E-state index is 11.2. The Morgan fingerprint density at radius 3 is 2.87 bits per heavy atom. The predicted molar refractivity (Wildman–Crippen MR) is 106 cm³/mol. The average Bonchev–Trinajstić information content (AvgIpc) is 3.26. The van der Waals surface area contributed by atoms with Crippen LogP contribution in [0.4, 0.5) is 5.82 Å². The molecule has 0 amide bonds. The number of carboxylic acids is 1. The maximum absolute atomic E-state index is 11.2. The highest BCUT2D eigenvalue weighted by Gasteiger charge is 2.50. The van der Waals surface area contributed by atoms with Crippen LogP contribution in [-0.4, -0.2) is 96.7 Å². The van der Waals surface area contributed by atoms with Gasteiger partial charge < -0.3 is 37.3 Å². The molecule has 13 nitrogen and oxygen atoms in total. The van der Waals surface area contributed by atoms with Crippen LogP contribution < -0.4 is 17.2 Å². The number of rotatable bonds is 10. The fourth-order valence-corrected chi connectivity index (χ4v) is 3.59. The molecule has 4 atom stereocenters. The topological polar surface area (TPSA) is 212 Å².